The van der Waals surface area contributed by atoms with Crippen LogP contribution in [0.4, 0.5) is 26.3 Å². The molecule has 5 rings (SSSR count). The topological polar surface area (TPSA) is 24.4 Å². The summed E-state index contributed by atoms with van der Waals surface area (Å²) in [5, 5.41) is 6.74. The van der Waals surface area contributed by atoms with Gasteiger partial charge in [-0.15, -0.1) is 0 Å². The molecule has 0 atom stereocenters. The van der Waals surface area contributed by atoms with Crippen molar-refractivity contribution in [3.8, 4) is 11.1 Å². The molecule has 0 saturated heterocycles. The van der Waals surface area contributed by atoms with E-state index in [0.717, 1.165) is 11.1 Å². The van der Waals surface area contributed by atoms with Gasteiger partial charge in [0.2, 0.25) is 0 Å². The van der Waals surface area contributed by atoms with Gasteiger partial charge in [0.15, 0.2) is 0 Å². The second-order valence-electron chi connectivity index (χ2n) is 7.68. The van der Waals surface area contributed by atoms with Crippen LogP contribution in [0, 0.1) is 34.9 Å². The fraction of sp³-hybridized carbons (Fsp3) is 0. The lowest BCUT2D eigenvalue weighted by Gasteiger charge is -2.18. The molecule has 0 radical (unpaired) electrons. The second-order valence-corrected chi connectivity index (χ2v) is 7.68. The molecule has 0 unspecified atom stereocenters. The maximum Gasteiger partial charge on any atom is 0.350 e. The Bertz CT molecular complexity index is 1320. The van der Waals surface area contributed by atoms with E-state index in [1.807, 2.05) is 24.3 Å². The molecule has 4 aromatic carbocycles. The third kappa shape index (κ3) is 3.63. The standard InChI is InChI=1S/C25H13BF6N2/c27-13-9-19(29)23(20(30)10-13)26(24-21(31)11-14(28)12-22(24)32)34-33-25-17-7-3-1-5-15(17)16-6-2-4-8-18(16)25/h1-12,34H. The minimum Gasteiger partial charge on any atom is -0.341 e. The summed E-state index contributed by atoms with van der Waals surface area (Å²) in [6.07, 6.45) is 0. The molecule has 0 aliphatic heterocycles. The molecule has 4 aromatic rings. The molecule has 0 heterocycles. The van der Waals surface area contributed by atoms with E-state index in [0.29, 0.717) is 41.1 Å². The highest BCUT2D eigenvalue weighted by Gasteiger charge is 2.34. The first kappa shape index (κ1) is 21.8. The van der Waals surface area contributed by atoms with E-state index >= 15 is 0 Å². The van der Waals surface area contributed by atoms with Crippen LogP contribution in [0.25, 0.3) is 11.1 Å². The van der Waals surface area contributed by atoms with E-state index in [9.17, 15) is 26.3 Å². The molecule has 1 aliphatic rings. The highest BCUT2D eigenvalue weighted by atomic mass is 19.2. The molecule has 0 bridgehead atoms. The molecular formula is C25H13BF6N2. The minimum absolute atomic E-state index is 0.377. The van der Waals surface area contributed by atoms with Crippen molar-refractivity contribution in [1.82, 2.24) is 5.34 Å². The fourth-order valence-electron chi connectivity index (χ4n) is 4.18. The molecule has 168 valence electrons. The predicted octanol–water partition coefficient (Wildman–Crippen LogP) is 4.65. The normalized spacial score (nSPS) is 11.8. The van der Waals surface area contributed by atoms with Crippen LogP contribution in [0.1, 0.15) is 11.1 Å². The van der Waals surface area contributed by atoms with Crippen LogP contribution in [-0.4, -0.2) is 12.6 Å². The third-order valence-corrected chi connectivity index (χ3v) is 5.62. The van der Waals surface area contributed by atoms with Crippen LogP contribution in [0.2, 0.25) is 0 Å². The van der Waals surface area contributed by atoms with Crippen LogP contribution < -0.4 is 16.3 Å². The Morgan fingerprint density at radius 2 is 0.882 bits per heavy atom. The molecular weight excluding hydrogens is 453 g/mol. The van der Waals surface area contributed by atoms with Crippen LogP contribution in [0.15, 0.2) is 77.9 Å². The lowest BCUT2D eigenvalue weighted by Crippen LogP contribution is -2.57. The number of benzene rings is 4. The van der Waals surface area contributed by atoms with Crippen molar-refractivity contribution < 1.29 is 26.3 Å². The van der Waals surface area contributed by atoms with Gasteiger partial charge in [-0.2, -0.15) is 5.10 Å². The lowest BCUT2D eigenvalue weighted by molar-refractivity contribution is 0.549. The number of rotatable bonds is 4. The summed E-state index contributed by atoms with van der Waals surface area (Å²) in [6, 6.07) is 16.1. The average molecular weight is 466 g/mol. The number of halogens is 6. The Balaban J connectivity index is 1.69. The Kier molecular flexibility index (Phi) is 5.39. The number of hydrazone groups is 1. The van der Waals surface area contributed by atoms with Crippen LogP contribution >= 0.6 is 0 Å². The largest absolute Gasteiger partial charge is 0.350 e. The molecule has 0 fully saturated rings. The molecule has 0 aromatic heterocycles. The molecule has 1 N–H and O–H groups in total. The van der Waals surface area contributed by atoms with Gasteiger partial charge >= 0.3 is 6.85 Å². The second kappa shape index (κ2) is 8.41. The first-order valence-corrected chi connectivity index (χ1v) is 10.2. The van der Waals surface area contributed by atoms with Crippen molar-refractivity contribution >= 4 is 23.5 Å². The van der Waals surface area contributed by atoms with Crippen LogP contribution in [-0.2, 0) is 0 Å². The Labute approximate surface area is 190 Å². The van der Waals surface area contributed by atoms with Gasteiger partial charge < -0.3 is 5.34 Å². The average Bonchev–Trinajstić information content (AvgIpc) is 3.09. The fourth-order valence-corrected chi connectivity index (χ4v) is 4.18. The Morgan fingerprint density at radius 1 is 0.529 bits per heavy atom. The summed E-state index contributed by atoms with van der Waals surface area (Å²) in [6.45, 7) is -1.87. The van der Waals surface area contributed by atoms with E-state index in [2.05, 4.69) is 10.4 Å². The third-order valence-electron chi connectivity index (χ3n) is 5.62. The molecule has 34 heavy (non-hydrogen) atoms. The van der Waals surface area contributed by atoms with Gasteiger partial charge in [0.05, 0.1) is 5.71 Å². The van der Waals surface area contributed by atoms with E-state index in [1.165, 1.54) is 0 Å². The van der Waals surface area contributed by atoms with Crippen molar-refractivity contribution in [3.63, 3.8) is 0 Å². The van der Waals surface area contributed by atoms with Gasteiger partial charge in [-0.25, -0.2) is 26.3 Å². The van der Waals surface area contributed by atoms with Gasteiger partial charge in [0.25, 0.3) is 0 Å². The van der Waals surface area contributed by atoms with Gasteiger partial charge in [0.1, 0.15) is 34.9 Å². The zero-order valence-electron chi connectivity index (χ0n) is 17.2. The highest BCUT2D eigenvalue weighted by Crippen LogP contribution is 2.36. The summed E-state index contributed by atoms with van der Waals surface area (Å²) < 4.78 is 85.8. The lowest BCUT2D eigenvalue weighted by atomic mass is 9.50. The minimum atomic E-state index is -1.87. The summed E-state index contributed by atoms with van der Waals surface area (Å²) in [5.41, 5.74) is 1.73. The molecule has 0 saturated carbocycles. The first-order chi connectivity index (χ1) is 16.3. The zero-order chi connectivity index (χ0) is 24.0. The van der Waals surface area contributed by atoms with Gasteiger partial charge in [0, 0.05) is 46.3 Å². The number of hydrogen-bond acceptors (Lipinski definition) is 2. The van der Waals surface area contributed by atoms with E-state index < -0.39 is 52.7 Å². The van der Waals surface area contributed by atoms with Crippen LogP contribution in [0.5, 0.6) is 0 Å². The molecule has 0 amide bonds. The van der Waals surface area contributed by atoms with Gasteiger partial charge in [-0.3, -0.25) is 0 Å². The smallest absolute Gasteiger partial charge is 0.341 e. The number of hydrogen-bond donors (Lipinski definition) is 1. The summed E-state index contributed by atoms with van der Waals surface area (Å²) in [5.74, 6) is -7.95. The monoisotopic (exact) mass is 466 g/mol. The highest BCUT2D eigenvalue weighted by molar-refractivity contribution is 6.83. The first-order valence-electron chi connectivity index (χ1n) is 10.2. The van der Waals surface area contributed by atoms with Crippen molar-refractivity contribution in [2.45, 2.75) is 0 Å². The Hall–Kier alpha value is -4.01. The van der Waals surface area contributed by atoms with Crippen molar-refractivity contribution in [3.05, 3.63) is 119 Å². The van der Waals surface area contributed by atoms with E-state index in [1.54, 1.807) is 24.3 Å². The summed E-state index contributed by atoms with van der Waals surface area (Å²) in [4.78, 5) is 0. The maximum absolute atomic E-state index is 14.7. The van der Waals surface area contributed by atoms with Crippen molar-refractivity contribution in [2.24, 2.45) is 5.10 Å². The molecule has 2 nitrogen and oxygen atoms in total. The predicted molar refractivity (Wildman–Crippen MR) is 118 cm³/mol. The Morgan fingerprint density at radius 3 is 1.26 bits per heavy atom. The molecule has 0 spiro atoms. The number of nitrogens with zero attached hydrogens (tertiary/aromatic N) is 1. The summed E-state index contributed by atoms with van der Waals surface area (Å²) in [7, 11) is 0. The zero-order valence-corrected chi connectivity index (χ0v) is 17.2. The quantitative estimate of drug-likeness (QED) is 0.233. The maximum atomic E-state index is 14.7. The van der Waals surface area contributed by atoms with Crippen molar-refractivity contribution in [1.29, 1.82) is 0 Å². The number of nitrogens with one attached hydrogen (secondary N) is 1. The van der Waals surface area contributed by atoms with E-state index in [4.69, 9.17) is 0 Å². The summed E-state index contributed by atoms with van der Waals surface area (Å²) >= 11 is 0. The molecule has 9 heteroatoms. The van der Waals surface area contributed by atoms with Crippen LogP contribution in [0.3, 0.4) is 0 Å². The SMILES string of the molecule is Fc1cc(F)c(B(NN=C2c3ccccc3-c3ccccc32)c2c(F)cc(F)cc2F)c(F)c1. The van der Waals surface area contributed by atoms with E-state index in [-0.39, 0.29) is 0 Å². The van der Waals surface area contributed by atoms with Crippen molar-refractivity contribution in [2.75, 3.05) is 0 Å². The van der Waals surface area contributed by atoms with Gasteiger partial charge in [-0.1, -0.05) is 48.5 Å². The molecule has 1 aliphatic carbocycles. The van der Waals surface area contributed by atoms with Gasteiger partial charge in [-0.05, 0) is 11.1 Å². The number of fused-ring (bicyclic) bond motifs is 3.